The molecule has 1 aromatic rings. The van der Waals surface area contributed by atoms with Crippen molar-refractivity contribution in [2.75, 3.05) is 12.9 Å². The lowest BCUT2D eigenvalue weighted by Gasteiger charge is -2.21. The van der Waals surface area contributed by atoms with Crippen molar-refractivity contribution in [1.29, 1.82) is 0 Å². The second-order valence-electron chi connectivity index (χ2n) is 4.57. The van der Waals surface area contributed by atoms with E-state index in [4.69, 9.17) is 0 Å². The minimum Gasteiger partial charge on any atom is -0.465 e. The van der Waals surface area contributed by atoms with Crippen molar-refractivity contribution in [1.82, 2.24) is 4.72 Å². The van der Waals surface area contributed by atoms with Crippen LogP contribution in [0.25, 0.3) is 0 Å². The molecule has 0 saturated carbocycles. The second-order valence-corrected chi connectivity index (χ2v) is 7.70. The van der Waals surface area contributed by atoms with Gasteiger partial charge in [-0.3, -0.25) is 4.79 Å². The second kappa shape index (κ2) is 7.34. The number of halogens is 1. The first-order valence-corrected chi connectivity index (χ1v) is 9.60. The summed E-state index contributed by atoms with van der Waals surface area (Å²) in [6.07, 6.45) is -0.787. The predicted molar refractivity (Wildman–Crippen MR) is 78.1 cm³/mol. The minimum absolute atomic E-state index is 0.00611. The van der Waals surface area contributed by atoms with Gasteiger partial charge in [-0.15, -0.1) is 0 Å². The summed E-state index contributed by atoms with van der Waals surface area (Å²) in [6.45, 7) is 1.34. The van der Waals surface area contributed by atoms with Crippen molar-refractivity contribution >= 4 is 26.2 Å². The molecule has 11 heteroatoms. The highest BCUT2D eigenvalue weighted by atomic mass is 32.3. The fraction of sp³-hybridized carbons (Fsp3) is 0.417. The Morgan fingerprint density at radius 2 is 1.78 bits per heavy atom. The van der Waals surface area contributed by atoms with Gasteiger partial charge in [0.05, 0.1) is 11.5 Å². The molecule has 0 heterocycles. The molecule has 23 heavy (non-hydrogen) atoms. The topological polar surface area (TPSA) is 127 Å². The van der Waals surface area contributed by atoms with Crippen molar-refractivity contribution in [2.45, 2.75) is 24.0 Å². The first-order valence-electron chi connectivity index (χ1n) is 6.32. The number of hydrogen-bond donors (Lipinski definition) is 2. The van der Waals surface area contributed by atoms with Crippen LogP contribution < -0.4 is 4.72 Å². The summed E-state index contributed by atoms with van der Waals surface area (Å²) < 4.78 is 62.8. The zero-order valence-electron chi connectivity index (χ0n) is 12.3. The number of esters is 1. The van der Waals surface area contributed by atoms with Gasteiger partial charge in [0, 0.05) is 6.26 Å². The summed E-state index contributed by atoms with van der Waals surface area (Å²) in [5.74, 6) is -1.17. The first kappa shape index (κ1) is 19.5. The van der Waals surface area contributed by atoms with E-state index in [1.807, 2.05) is 0 Å². The summed E-state index contributed by atoms with van der Waals surface area (Å²) in [6, 6.07) is 2.79. The van der Waals surface area contributed by atoms with Crippen LogP contribution in [-0.4, -0.2) is 46.8 Å². The Labute approximate surface area is 133 Å². The van der Waals surface area contributed by atoms with Crippen LogP contribution in [0, 0.1) is 0 Å². The smallest absolute Gasteiger partial charge is 0.373 e. The fourth-order valence-electron chi connectivity index (χ4n) is 1.73. The zero-order chi connectivity index (χ0) is 17.8. The number of carbonyl (C=O) groups is 1. The number of ether oxygens (including phenoxy) is 1. The Morgan fingerprint density at radius 1 is 1.26 bits per heavy atom. The van der Waals surface area contributed by atoms with Gasteiger partial charge in [-0.25, -0.2) is 8.42 Å². The highest BCUT2D eigenvalue weighted by Gasteiger charge is 2.33. The van der Waals surface area contributed by atoms with Gasteiger partial charge in [-0.1, -0.05) is 16.0 Å². The van der Waals surface area contributed by atoms with E-state index in [-0.39, 0.29) is 17.1 Å². The molecular weight excluding hydrogens is 353 g/mol. The van der Waals surface area contributed by atoms with Crippen molar-refractivity contribution in [3.8, 4) is 0 Å². The summed E-state index contributed by atoms with van der Waals surface area (Å²) in [5.41, 5.74) is 0.00611. The molecule has 0 bridgehead atoms. The van der Waals surface area contributed by atoms with Crippen molar-refractivity contribution in [2.24, 2.45) is 0 Å². The normalized spacial score (nSPS) is 15.0. The summed E-state index contributed by atoms with van der Waals surface area (Å²) in [4.78, 5) is 11.7. The van der Waals surface area contributed by atoms with Crippen molar-refractivity contribution in [3.63, 3.8) is 0 Å². The molecule has 2 atom stereocenters. The maximum absolute atomic E-state index is 12.8. The molecule has 0 spiro atoms. The third-order valence-electron chi connectivity index (χ3n) is 2.77. The molecule has 0 saturated heterocycles. The van der Waals surface area contributed by atoms with E-state index in [0.717, 1.165) is 6.26 Å². The molecule has 0 radical (unpaired) electrons. The quantitative estimate of drug-likeness (QED) is 0.506. The molecule has 0 unspecified atom stereocenters. The standard InChI is InChI=1S/C12H16FNO7S2/c1-3-21-12(16)10(14-23(13,19)20)11(15)8-4-6-9(7-5-8)22(2,17)18/h4-7,10-11,14-15H,3H2,1-2H3/t10-,11+/m0/s1. The SMILES string of the molecule is CCOC(=O)[C@@H](NS(=O)(=O)F)[C@H](O)c1ccc(S(C)(=O)=O)cc1. The van der Waals surface area contributed by atoms with Gasteiger partial charge in [0.2, 0.25) is 0 Å². The summed E-state index contributed by atoms with van der Waals surface area (Å²) in [7, 11) is -8.74. The van der Waals surface area contributed by atoms with Gasteiger partial charge in [0.15, 0.2) is 15.9 Å². The Hall–Kier alpha value is -1.56. The molecule has 0 aliphatic carbocycles. The molecule has 0 aromatic heterocycles. The Morgan fingerprint density at radius 3 is 2.17 bits per heavy atom. The molecule has 0 fully saturated rings. The highest BCUT2D eigenvalue weighted by molar-refractivity contribution is 7.90. The van der Waals surface area contributed by atoms with Crippen molar-refractivity contribution in [3.05, 3.63) is 29.8 Å². The van der Waals surface area contributed by atoms with Crippen LogP contribution in [0.4, 0.5) is 3.89 Å². The maximum Gasteiger partial charge on any atom is 0.373 e. The zero-order valence-corrected chi connectivity index (χ0v) is 13.9. The number of aliphatic hydroxyl groups excluding tert-OH is 1. The number of hydrogen-bond acceptors (Lipinski definition) is 7. The molecule has 0 amide bonds. The van der Waals surface area contributed by atoms with Crippen LogP contribution >= 0.6 is 0 Å². The lowest BCUT2D eigenvalue weighted by Crippen LogP contribution is -2.44. The summed E-state index contributed by atoms with van der Waals surface area (Å²) in [5, 5.41) is 10.1. The largest absolute Gasteiger partial charge is 0.465 e. The molecule has 130 valence electrons. The van der Waals surface area contributed by atoms with E-state index in [1.54, 1.807) is 0 Å². The van der Waals surface area contributed by atoms with Crippen LogP contribution in [0.5, 0.6) is 0 Å². The van der Waals surface area contributed by atoms with Gasteiger partial charge in [0.25, 0.3) is 0 Å². The number of carbonyl (C=O) groups excluding carboxylic acids is 1. The van der Waals surface area contributed by atoms with E-state index in [2.05, 4.69) is 4.74 Å². The van der Waals surface area contributed by atoms with E-state index in [0.29, 0.717) is 0 Å². The van der Waals surface area contributed by atoms with Crippen LogP contribution in [0.2, 0.25) is 0 Å². The Balaban J connectivity index is 3.13. The average Bonchev–Trinajstić information content (AvgIpc) is 2.42. The van der Waals surface area contributed by atoms with E-state index < -0.39 is 38.4 Å². The predicted octanol–water partition coefficient (Wildman–Crippen LogP) is -0.141. The summed E-state index contributed by atoms with van der Waals surface area (Å²) >= 11 is 0. The number of benzene rings is 1. The lowest BCUT2D eigenvalue weighted by atomic mass is 10.0. The molecule has 8 nitrogen and oxygen atoms in total. The highest BCUT2D eigenvalue weighted by Crippen LogP contribution is 2.21. The van der Waals surface area contributed by atoms with Gasteiger partial charge in [-0.2, -0.15) is 13.1 Å². The monoisotopic (exact) mass is 369 g/mol. The average molecular weight is 369 g/mol. The first-order chi connectivity index (χ1) is 10.5. The molecule has 0 aliphatic heterocycles. The van der Waals surface area contributed by atoms with Gasteiger partial charge < -0.3 is 9.84 Å². The number of rotatable bonds is 7. The molecule has 1 aromatic carbocycles. The number of nitrogens with one attached hydrogen (secondary N) is 1. The Bertz CT molecular complexity index is 759. The number of sulfone groups is 1. The molecule has 2 N–H and O–H groups in total. The molecular formula is C12H16FNO7S2. The van der Waals surface area contributed by atoms with Crippen molar-refractivity contribution < 1.29 is 35.4 Å². The van der Waals surface area contributed by atoms with Crippen LogP contribution in [0.3, 0.4) is 0 Å². The van der Waals surface area contributed by atoms with Crippen LogP contribution in [0.15, 0.2) is 29.2 Å². The van der Waals surface area contributed by atoms with Crippen LogP contribution in [0.1, 0.15) is 18.6 Å². The fourth-order valence-corrected chi connectivity index (χ4v) is 2.89. The van der Waals surface area contributed by atoms with E-state index >= 15 is 0 Å². The third-order valence-corrected chi connectivity index (χ3v) is 4.44. The maximum atomic E-state index is 12.8. The lowest BCUT2D eigenvalue weighted by molar-refractivity contribution is -0.148. The van der Waals surface area contributed by atoms with Gasteiger partial charge in [-0.05, 0) is 24.6 Å². The minimum atomic E-state index is -5.28. The van der Waals surface area contributed by atoms with Crippen LogP contribution in [-0.2, 0) is 29.8 Å². The van der Waals surface area contributed by atoms with Gasteiger partial charge in [0.1, 0.15) is 6.10 Å². The van der Waals surface area contributed by atoms with E-state index in [9.17, 15) is 30.6 Å². The third kappa shape index (κ3) is 5.86. The molecule has 1 rings (SSSR count). The Kier molecular flexibility index (Phi) is 6.22. The van der Waals surface area contributed by atoms with E-state index in [1.165, 1.54) is 35.9 Å². The van der Waals surface area contributed by atoms with Gasteiger partial charge >= 0.3 is 16.4 Å². The molecule has 0 aliphatic rings. The number of aliphatic hydroxyl groups is 1.